The van der Waals surface area contributed by atoms with Gasteiger partial charge in [0.15, 0.2) is 0 Å². The standard InChI is InChI=1S/C13H12BrN3O/c1-9-12(7-15)13(17(2)16-9)18-8-10-4-3-5-11(14)6-10/h3-6H,8H2,1-2H3. The highest BCUT2D eigenvalue weighted by atomic mass is 79.9. The summed E-state index contributed by atoms with van der Waals surface area (Å²) in [7, 11) is 1.77. The maximum Gasteiger partial charge on any atom is 0.230 e. The van der Waals surface area contributed by atoms with Crippen LogP contribution in [0.5, 0.6) is 5.88 Å². The highest BCUT2D eigenvalue weighted by Gasteiger charge is 2.14. The molecule has 0 unspecified atom stereocenters. The summed E-state index contributed by atoms with van der Waals surface area (Å²) in [5.41, 5.74) is 2.21. The molecule has 0 saturated heterocycles. The Morgan fingerprint density at radius 3 is 2.94 bits per heavy atom. The summed E-state index contributed by atoms with van der Waals surface area (Å²) in [6, 6.07) is 9.97. The zero-order valence-corrected chi connectivity index (χ0v) is 11.7. The van der Waals surface area contributed by atoms with Crippen LogP contribution in [-0.4, -0.2) is 9.78 Å². The number of aryl methyl sites for hydroxylation is 2. The monoisotopic (exact) mass is 305 g/mol. The van der Waals surface area contributed by atoms with Gasteiger partial charge in [0, 0.05) is 11.5 Å². The summed E-state index contributed by atoms with van der Waals surface area (Å²) >= 11 is 3.41. The van der Waals surface area contributed by atoms with E-state index in [4.69, 9.17) is 10.00 Å². The highest BCUT2D eigenvalue weighted by molar-refractivity contribution is 9.10. The van der Waals surface area contributed by atoms with E-state index < -0.39 is 0 Å². The van der Waals surface area contributed by atoms with Crippen LogP contribution < -0.4 is 4.74 Å². The van der Waals surface area contributed by atoms with Gasteiger partial charge in [0.1, 0.15) is 18.2 Å². The Morgan fingerprint density at radius 2 is 2.28 bits per heavy atom. The van der Waals surface area contributed by atoms with Crippen molar-refractivity contribution in [3.05, 3.63) is 45.6 Å². The van der Waals surface area contributed by atoms with Crippen LogP contribution in [0.2, 0.25) is 0 Å². The zero-order chi connectivity index (χ0) is 13.1. The van der Waals surface area contributed by atoms with E-state index in [1.54, 1.807) is 18.7 Å². The molecule has 0 saturated carbocycles. The Labute approximate surface area is 114 Å². The SMILES string of the molecule is Cc1nn(C)c(OCc2cccc(Br)c2)c1C#N. The lowest BCUT2D eigenvalue weighted by atomic mass is 10.2. The van der Waals surface area contributed by atoms with Crippen molar-refractivity contribution in [3.8, 4) is 11.9 Å². The van der Waals surface area contributed by atoms with Crippen molar-refractivity contribution in [1.29, 1.82) is 5.26 Å². The van der Waals surface area contributed by atoms with Crippen LogP contribution >= 0.6 is 15.9 Å². The number of aromatic nitrogens is 2. The third-order valence-electron chi connectivity index (χ3n) is 2.55. The summed E-state index contributed by atoms with van der Waals surface area (Å²) < 4.78 is 8.27. The summed E-state index contributed by atoms with van der Waals surface area (Å²) in [4.78, 5) is 0. The van der Waals surface area contributed by atoms with Crippen molar-refractivity contribution >= 4 is 15.9 Å². The van der Waals surface area contributed by atoms with Gasteiger partial charge in [0.2, 0.25) is 5.88 Å². The number of nitrogens with zero attached hydrogens (tertiary/aromatic N) is 3. The lowest BCUT2D eigenvalue weighted by Crippen LogP contribution is -2.02. The Morgan fingerprint density at radius 1 is 1.50 bits per heavy atom. The molecule has 0 bridgehead atoms. The predicted octanol–water partition coefficient (Wildman–Crippen LogP) is 2.94. The third kappa shape index (κ3) is 2.54. The average molecular weight is 306 g/mol. The van der Waals surface area contributed by atoms with Crippen LogP contribution in [0.3, 0.4) is 0 Å². The zero-order valence-electron chi connectivity index (χ0n) is 10.1. The first-order valence-electron chi connectivity index (χ1n) is 5.42. The molecule has 0 amide bonds. The molecular formula is C13H12BrN3O. The van der Waals surface area contributed by atoms with Gasteiger partial charge in [0.25, 0.3) is 0 Å². The molecule has 4 nitrogen and oxygen atoms in total. The molecule has 2 rings (SSSR count). The van der Waals surface area contributed by atoms with E-state index in [0.717, 1.165) is 10.0 Å². The second-order valence-corrected chi connectivity index (χ2v) is 4.84. The number of hydrogen-bond acceptors (Lipinski definition) is 3. The molecule has 0 N–H and O–H groups in total. The van der Waals surface area contributed by atoms with Gasteiger partial charge in [0.05, 0.1) is 5.69 Å². The van der Waals surface area contributed by atoms with Crippen molar-refractivity contribution < 1.29 is 4.74 Å². The molecule has 0 atom stereocenters. The van der Waals surface area contributed by atoms with E-state index in [1.165, 1.54) is 0 Å². The van der Waals surface area contributed by atoms with Gasteiger partial charge in [-0.15, -0.1) is 0 Å². The van der Waals surface area contributed by atoms with Crippen LogP contribution in [0.15, 0.2) is 28.7 Å². The molecule has 92 valence electrons. The Hall–Kier alpha value is -1.80. The van der Waals surface area contributed by atoms with Crippen molar-refractivity contribution in [2.75, 3.05) is 0 Å². The van der Waals surface area contributed by atoms with Crippen LogP contribution in [0, 0.1) is 18.3 Å². The molecule has 0 radical (unpaired) electrons. The molecule has 18 heavy (non-hydrogen) atoms. The van der Waals surface area contributed by atoms with Crippen molar-refractivity contribution in [1.82, 2.24) is 9.78 Å². The maximum atomic E-state index is 9.06. The van der Waals surface area contributed by atoms with E-state index in [1.807, 2.05) is 24.3 Å². The first-order valence-corrected chi connectivity index (χ1v) is 6.22. The number of benzene rings is 1. The third-order valence-corrected chi connectivity index (χ3v) is 3.04. The minimum absolute atomic E-state index is 0.410. The number of hydrogen-bond donors (Lipinski definition) is 0. The Bertz CT molecular complexity index is 613. The Balaban J connectivity index is 2.19. The van der Waals surface area contributed by atoms with E-state index in [-0.39, 0.29) is 0 Å². The average Bonchev–Trinajstić information content (AvgIpc) is 2.60. The molecule has 5 heteroatoms. The molecular weight excluding hydrogens is 294 g/mol. The fraction of sp³-hybridized carbons (Fsp3) is 0.231. The number of nitriles is 1. The second kappa shape index (κ2) is 5.23. The fourth-order valence-corrected chi connectivity index (χ4v) is 2.16. The maximum absolute atomic E-state index is 9.06. The molecule has 0 fully saturated rings. The van der Waals surface area contributed by atoms with E-state index in [0.29, 0.717) is 23.7 Å². The topological polar surface area (TPSA) is 50.8 Å². The van der Waals surface area contributed by atoms with Crippen LogP contribution in [0.1, 0.15) is 16.8 Å². The quantitative estimate of drug-likeness (QED) is 0.876. The highest BCUT2D eigenvalue weighted by Crippen LogP contribution is 2.21. The van der Waals surface area contributed by atoms with Gasteiger partial charge in [-0.25, -0.2) is 4.68 Å². The minimum atomic E-state index is 0.410. The molecule has 1 aromatic carbocycles. The number of rotatable bonds is 3. The lowest BCUT2D eigenvalue weighted by Gasteiger charge is -2.07. The molecule has 1 heterocycles. The van der Waals surface area contributed by atoms with Gasteiger partial charge in [-0.1, -0.05) is 28.1 Å². The first kappa shape index (κ1) is 12.7. The van der Waals surface area contributed by atoms with Gasteiger partial charge in [-0.05, 0) is 24.6 Å². The van der Waals surface area contributed by atoms with Crippen molar-refractivity contribution in [3.63, 3.8) is 0 Å². The first-order chi connectivity index (χ1) is 8.61. The van der Waals surface area contributed by atoms with Crippen molar-refractivity contribution in [2.24, 2.45) is 7.05 Å². The molecule has 1 aromatic heterocycles. The summed E-state index contributed by atoms with van der Waals surface area (Å²) in [5.74, 6) is 0.509. The van der Waals surface area contributed by atoms with Crippen LogP contribution in [0.4, 0.5) is 0 Å². The van der Waals surface area contributed by atoms with Crippen LogP contribution in [0.25, 0.3) is 0 Å². The number of halogens is 1. The van der Waals surface area contributed by atoms with E-state index in [2.05, 4.69) is 27.1 Å². The van der Waals surface area contributed by atoms with Gasteiger partial charge in [-0.3, -0.25) is 0 Å². The molecule has 0 aliphatic carbocycles. The summed E-state index contributed by atoms with van der Waals surface area (Å²) in [6.45, 7) is 2.21. The normalized spacial score (nSPS) is 10.1. The molecule has 0 aliphatic heterocycles. The second-order valence-electron chi connectivity index (χ2n) is 3.92. The minimum Gasteiger partial charge on any atom is -0.472 e. The summed E-state index contributed by atoms with van der Waals surface area (Å²) in [5, 5.41) is 13.2. The van der Waals surface area contributed by atoms with Gasteiger partial charge >= 0.3 is 0 Å². The van der Waals surface area contributed by atoms with Gasteiger partial charge < -0.3 is 4.74 Å². The van der Waals surface area contributed by atoms with E-state index >= 15 is 0 Å². The van der Waals surface area contributed by atoms with E-state index in [9.17, 15) is 0 Å². The largest absolute Gasteiger partial charge is 0.472 e. The lowest BCUT2D eigenvalue weighted by molar-refractivity contribution is 0.278. The van der Waals surface area contributed by atoms with Crippen molar-refractivity contribution in [2.45, 2.75) is 13.5 Å². The smallest absolute Gasteiger partial charge is 0.230 e. The molecule has 0 aliphatic rings. The molecule has 2 aromatic rings. The number of ether oxygens (including phenoxy) is 1. The van der Waals surface area contributed by atoms with Gasteiger partial charge in [-0.2, -0.15) is 10.4 Å². The molecule has 0 spiro atoms. The predicted molar refractivity (Wildman–Crippen MR) is 71.1 cm³/mol. The summed E-state index contributed by atoms with van der Waals surface area (Å²) in [6.07, 6.45) is 0. The Kier molecular flexibility index (Phi) is 3.68. The van der Waals surface area contributed by atoms with Crippen LogP contribution in [-0.2, 0) is 13.7 Å². The fourth-order valence-electron chi connectivity index (χ4n) is 1.71.